The van der Waals surface area contributed by atoms with Gasteiger partial charge in [0.1, 0.15) is 0 Å². The molecule has 0 saturated carbocycles. The van der Waals surface area contributed by atoms with Crippen LogP contribution in [0, 0.1) is 0 Å². The summed E-state index contributed by atoms with van der Waals surface area (Å²) < 4.78 is 1.20. The fraction of sp³-hybridized carbons (Fsp3) is 0.455. The van der Waals surface area contributed by atoms with Gasteiger partial charge in [-0.1, -0.05) is 28.9 Å². The maximum atomic E-state index is 3.51. The van der Waals surface area contributed by atoms with Gasteiger partial charge in [-0.2, -0.15) is 0 Å². The van der Waals surface area contributed by atoms with E-state index in [9.17, 15) is 0 Å². The van der Waals surface area contributed by atoms with Crippen LogP contribution in [0.1, 0.15) is 18.1 Å². The molecular weight excluding hydrogens is 226 g/mol. The van der Waals surface area contributed by atoms with Crippen molar-refractivity contribution in [1.82, 2.24) is 4.90 Å². The minimum atomic E-state index is 1.12. The van der Waals surface area contributed by atoms with E-state index in [2.05, 4.69) is 46.0 Å². The van der Waals surface area contributed by atoms with Crippen molar-refractivity contribution in [1.29, 1.82) is 0 Å². The molecule has 70 valence electrons. The first-order valence-corrected chi connectivity index (χ1v) is 5.58. The molecule has 2 heteroatoms. The fourth-order valence-corrected chi connectivity index (χ4v) is 2.26. The molecule has 1 aliphatic rings. The first kappa shape index (κ1) is 9.22. The molecular formula is C11H14BrN. The lowest BCUT2D eigenvalue weighted by atomic mass is 10.0. The first-order chi connectivity index (χ1) is 6.29. The van der Waals surface area contributed by atoms with Crippen molar-refractivity contribution in [2.24, 2.45) is 0 Å². The topological polar surface area (TPSA) is 3.24 Å². The lowest BCUT2D eigenvalue weighted by molar-refractivity contribution is 0.268. The Balaban J connectivity index is 2.26. The summed E-state index contributed by atoms with van der Waals surface area (Å²) in [6, 6.07) is 6.63. The Kier molecular flexibility index (Phi) is 2.70. The zero-order valence-electron chi connectivity index (χ0n) is 7.89. The van der Waals surface area contributed by atoms with E-state index in [1.807, 2.05) is 0 Å². The summed E-state index contributed by atoms with van der Waals surface area (Å²) in [7, 11) is 0. The molecule has 0 aliphatic carbocycles. The molecule has 0 atom stereocenters. The molecule has 0 N–H and O–H groups in total. The lowest BCUT2D eigenvalue weighted by Crippen LogP contribution is -2.30. The normalized spacial score (nSPS) is 17.1. The molecule has 1 heterocycles. The molecule has 0 amide bonds. The van der Waals surface area contributed by atoms with Crippen molar-refractivity contribution in [3.63, 3.8) is 0 Å². The average Bonchev–Trinajstić information content (AvgIpc) is 2.17. The molecule has 0 bridgehead atoms. The summed E-state index contributed by atoms with van der Waals surface area (Å²) in [4.78, 5) is 2.48. The Labute approximate surface area is 87.9 Å². The summed E-state index contributed by atoms with van der Waals surface area (Å²) in [5.74, 6) is 0. The van der Waals surface area contributed by atoms with Crippen LogP contribution in [0.4, 0.5) is 0 Å². The predicted octanol–water partition coefficient (Wildman–Crippen LogP) is 2.83. The number of fused-ring (bicyclic) bond motifs is 1. The molecule has 2 rings (SSSR count). The van der Waals surface area contributed by atoms with Crippen LogP contribution in [0.2, 0.25) is 0 Å². The quantitative estimate of drug-likeness (QED) is 0.729. The van der Waals surface area contributed by atoms with Crippen LogP contribution < -0.4 is 0 Å². The number of benzene rings is 1. The van der Waals surface area contributed by atoms with E-state index < -0.39 is 0 Å². The lowest BCUT2D eigenvalue weighted by Gasteiger charge is -2.27. The Morgan fingerprint density at radius 1 is 1.38 bits per heavy atom. The summed E-state index contributed by atoms with van der Waals surface area (Å²) in [5.41, 5.74) is 3.01. The highest BCUT2D eigenvalue weighted by molar-refractivity contribution is 9.10. The number of nitrogens with zero attached hydrogens (tertiary/aromatic N) is 1. The maximum Gasteiger partial charge on any atom is 0.0236 e. The number of halogens is 1. The molecule has 1 aromatic rings. The third-order valence-corrected chi connectivity index (χ3v) is 3.20. The highest BCUT2D eigenvalue weighted by Gasteiger charge is 2.14. The molecule has 0 unspecified atom stereocenters. The van der Waals surface area contributed by atoms with Gasteiger partial charge in [0.05, 0.1) is 0 Å². The number of hydrogen-bond acceptors (Lipinski definition) is 1. The van der Waals surface area contributed by atoms with Crippen molar-refractivity contribution in [2.75, 3.05) is 13.1 Å². The van der Waals surface area contributed by atoms with Crippen LogP contribution in [0.5, 0.6) is 0 Å². The molecule has 1 aliphatic heterocycles. The van der Waals surface area contributed by atoms with Crippen molar-refractivity contribution in [2.45, 2.75) is 19.9 Å². The number of likely N-dealkylation sites (N-methyl/N-ethyl adjacent to an activating group) is 1. The predicted molar refractivity (Wildman–Crippen MR) is 58.8 cm³/mol. The SMILES string of the molecule is CCN1CCc2cc(Br)ccc2C1. The maximum absolute atomic E-state index is 3.51. The van der Waals surface area contributed by atoms with E-state index in [4.69, 9.17) is 0 Å². The highest BCUT2D eigenvalue weighted by Crippen LogP contribution is 2.22. The zero-order chi connectivity index (χ0) is 9.26. The van der Waals surface area contributed by atoms with Crippen molar-refractivity contribution in [3.8, 4) is 0 Å². The van der Waals surface area contributed by atoms with Gasteiger partial charge < -0.3 is 0 Å². The van der Waals surface area contributed by atoms with E-state index in [1.54, 1.807) is 0 Å². The largest absolute Gasteiger partial charge is 0.299 e. The van der Waals surface area contributed by atoms with Gasteiger partial charge >= 0.3 is 0 Å². The van der Waals surface area contributed by atoms with Gasteiger partial charge in [-0.3, -0.25) is 4.90 Å². The van der Waals surface area contributed by atoms with Gasteiger partial charge in [-0.05, 0) is 36.2 Å². The van der Waals surface area contributed by atoms with Crippen LogP contribution in [0.3, 0.4) is 0 Å². The molecule has 0 aromatic heterocycles. The van der Waals surface area contributed by atoms with Crippen LogP contribution in [-0.4, -0.2) is 18.0 Å². The van der Waals surface area contributed by atoms with Gasteiger partial charge in [0.25, 0.3) is 0 Å². The standard InChI is InChI=1S/C11H14BrN/c1-2-13-6-5-9-7-11(12)4-3-10(9)8-13/h3-4,7H,2,5-6,8H2,1H3. The van der Waals surface area contributed by atoms with E-state index >= 15 is 0 Å². The Morgan fingerprint density at radius 3 is 3.00 bits per heavy atom. The number of rotatable bonds is 1. The van der Waals surface area contributed by atoms with E-state index in [-0.39, 0.29) is 0 Å². The Bertz CT molecular complexity index is 309. The van der Waals surface area contributed by atoms with Crippen molar-refractivity contribution >= 4 is 15.9 Å². The molecule has 0 saturated heterocycles. The fourth-order valence-electron chi connectivity index (χ4n) is 1.85. The third-order valence-electron chi connectivity index (χ3n) is 2.71. The summed E-state index contributed by atoms with van der Waals surface area (Å²) in [6.45, 7) is 5.72. The Hall–Kier alpha value is -0.340. The molecule has 0 fully saturated rings. The smallest absolute Gasteiger partial charge is 0.0236 e. The second kappa shape index (κ2) is 3.81. The second-order valence-corrected chi connectivity index (χ2v) is 4.45. The second-order valence-electron chi connectivity index (χ2n) is 3.53. The third kappa shape index (κ3) is 1.94. The molecule has 0 spiro atoms. The van der Waals surface area contributed by atoms with Crippen LogP contribution in [0.15, 0.2) is 22.7 Å². The monoisotopic (exact) mass is 239 g/mol. The Morgan fingerprint density at radius 2 is 2.23 bits per heavy atom. The average molecular weight is 240 g/mol. The summed E-state index contributed by atoms with van der Waals surface area (Å²) >= 11 is 3.51. The van der Waals surface area contributed by atoms with E-state index in [0.29, 0.717) is 0 Å². The van der Waals surface area contributed by atoms with Crippen molar-refractivity contribution < 1.29 is 0 Å². The number of hydrogen-bond donors (Lipinski definition) is 0. The first-order valence-electron chi connectivity index (χ1n) is 4.79. The summed E-state index contributed by atoms with van der Waals surface area (Å²) in [6.07, 6.45) is 1.20. The van der Waals surface area contributed by atoms with Gasteiger partial charge in [0, 0.05) is 17.6 Å². The van der Waals surface area contributed by atoms with Crippen LogP contribution in [-0.2, 0) is 13.0 Å². The minimum absolute atomic E-state index is 1.12. The zero-order valence-corrected chi connectivity index (χ0v) is 9.47. The minimum Gasteiger partial charge on any atom is -0.299 e. The van der Waals surface area contributed by atoms with Gasteiger partial charge in [0.15, 0.2) is 0 Å². The van der Waals surface area contributed by atoms with E-state index in [0.717, 1.165) is 13.1 Å². The van der Waals surface area contributed by atoms with Gasteiger partial charge in [0.2, 0.25) is 0 Å². The molecule has 1 nitrogen and oxygen atoms in total. The molecule has 1 aromatic carbocycles. The van der Waals surface area contributed by atoms with Crippen LogP contribution in [0.25, 0.3) is 0 Å². The molecule has 13 heavy (non-hydrogen) atoms. The van der Waals surface area contributed by atoms with Crippen molar-refractivity contribution in [3.05, 3.63) is 33.8 Å². The van der Waals surface area contributed by atoms with Crippen LogP contribution >= 0.6 is 15.9 Å². The van der Waals surface area contributed by atoms with Gasteiger partial charge in [-0.15, -0.1) is 0 Å². The van der Waals surface area contributed by atoms with Gasteiger partial charge in [-0.25, -0.2) is 0 Å². The highest BCUT2D eigenvalue weighted by atomic mass is 79.9. The summed E-state index contributed by atoms with van der Waals surface area (Å²) in [5, 5.41) is 0. The van der Waals surface area contributed by atoms with E-state index in [1.165, 1.54) is 28.6 Å². The molecule has 0 radical (unpaired) electrons.